The third-order valence-corrected chi connectivity index (χ3v) is 6.94. The number of aromatic nitrogens is 4. The standard InChI is InChI=1S/C24H26N4OS/c1-28-16-18(15-26-28)22-13-20(11-12-25-22)29-19-8-9-21-23(14-19)30-24(27-21)10-7-17-5-3-2-4-6-17/h8-9,11-17H,2-7,10H2,1H3. The van der Waals surface area contributed by atoms with Crippen molar-refractivity contribution in [3.8, 4) is 22.8 Å². The molecule has 6 heteroatoms. The topological polar surface area (TPSA) is 52.8 Å². The molecule has 1 aliphatic carbocycles. The van der Waals surface area contributed by atoms with E-state index >= 15 is 0 Å². The lowest BCUT2D eigenvalue weighted by atomic mass is 9.86. The van der Waals surface area contributed by atoms with Gasteiger partial charge in [0.05, 0.1) is 27.1 Å². The second-order valence-electron chi connectivity index (χ2n) is 8.16. The van der Waals surface area contributed by atoms with Gasteiger partial charge in [-0.15, -0.1) is 11.3 Å². The zero-order chi connectivity index (χ0) is 20.3. The molecule has 0 radical (unpaired) electrons. The smallest absolute Gasteiger partial charge is 0.131 e. The van der Waals surface area contributed by atoms with Gasteiger partial charge in [0, 0.05) is 37.1 Å². The molecule has 0 amide bonds. The van der Waals surface area contributed by atoms with Crippen molar-refractivity contribution >= 4 is 21.6 Å². The average molecular weight is 419 g/mol. The summed E-state index contributed by atoms with van der Waals surface area (Å²) in [6.07, 6.45) is 14.9. The predicted octanol–water partition coefficient (Wildman–Crippen LogP) is 6.40. The minimum atomic E-state index is 0.769. The fourth-order valence-electron chi connectivity index (χ4n) is 4.25. The molecule has 1 aliphatic rings. The van der Waals surface area contributed by atoms with E-state index < -0.39 is 0 Å². The Labute approximate surface area is 180 Å². The first-order valence-corrected chi connectivity index (χ1v) is 11.6. The van der Waals surface area contributed by atoms with Crippen molar-refractivity contribution in [1.29, 1.82) is 0 Å². The van der Waals surface area contributed by atoms with Gasteiger partial charge in [-0.3, -0.25) is 9.67 Å². The Balaban J connectivity index is 1.29. The largest absolute Gasteiger partial charge is 0.457 e. The Morgan fingerprint density at radius 2 is 1.97 bits per heavy atom. The molecule has 5 nitrogen and oxygen atoms in total. The summed E-state index contributed by atoms with van der Waals surface area (Å²) >= 11 is 1.80. The van der Waals surface area contributed by atoms with E-state index in [0.717, 1.165) is 40.6 Å². The van der Waals surface area contributed by atoms with E-state index in [2.05, 4.69) is 22.2 Å². The SMILES string of the molecule is Cn1cc(-c2cc(Oc3ccc4nc(CCC5CCCCC5)sc4c3)ccn2)cn1. The molecule has 0 aliphatic heterocycles. The normalized spacial score (nSPS) is 15.0. The van der Waals surface area contributed by atoms with E-state index in [9.17, 15) is 0 Å². The van der Waals surface area contributed by atoms with Gasteiger partial charge in [0.15, 0.2) is 0 Å². The first-order valence-electron chi connectivity index (χ1n) is 10.8. The van der Waals surface area contributed by atoms with Crippen LogP contribution in [0.1, 0.15) is 43.5 Å². The summed E-state index contributed by atoms with van der Waals surface area (Å²) < 4.78 is 9.09. The van der Waals surface area contributed by atoms with Crippen LogP contribution in [0.3, 0.4) is 0 Å². The predicted molar refractivity (Wildman–Crippen MR) is 121 cm³/mol. The van der Waals surface area contributed by atoms with Crippen LogP contribution in [0.2, 0.25) is 0 Å². The molecule has 1 fully saturated rings. The number of rotatable bonds is 6. The Morgan fingerprint density at radius 1 is 1.10 bits per heavy atom. The lowest BCUT2D eigenvalue weighted by Crippen LogP contribution is -2.07. The van der Waals surface area contributed by atoms with Gasteiger partial charge in [-0.05, 0) is 37.0 Å². The Hall–Kier alpha value is -2.73. The third-order valence-electron chi connectivity index (χ3n) is 5.86. The summed E-state index contributed by atoms with van der Waals surface area (Å²) in [5, 5.41) is 5.46. The van der Waals surface area contributed by atoms with E-state index in [1.165, 1.54) is 48.2 Å². The highest BCUT2D eigenvalue weighted by molar-refractivity contribution is 7.18. The Morgan fingerprint density at radius 3 is 2.80 bits per heavy atom. The molecule has 1 saturated carbocycles. The molecule has 5 rings (SSSR count). The number of thiazole rings is 1. The number of nitrogens with zero attached hydrogens (tertiary/aromatic N) is 4. The van der Waals surface area contributed by atoms with Crippen LogP contribution < -0.4 is 4.74 Å². The number of fused-ring (bicyclic) bond motifs is 1. The van der Waals surface area contributed by atoms with E-state index in [4.69, 9.17) is 9.72 Å². The number of hydrogen-bond donors (Lipinski definition) is 0. The molecule has 0 atom stereocenters. The van der Waals surface area contributed by atoms with E-state index in [-0.39, 0.29) is 0 Å². The monoisotopic (exact) mass is 418 g/mol. The molecular weight excluding hydrogens is 392 g/mol. The molecule has 0 bridgehead atoms. The quantitative estimate of drug-likeness (QED) is 0.364. The lowest BCUT2D eigenvalue weighted by Gasteiger charge is -2.20. The van der Waals surface area contributed by atoms with Crippen LogP contribution in [0.25, 0.3) is 21.5 Å². The van der Waals surface area contributed by atoms with Crippen LogP contribution in [0, 0.1) is 5.92 Å². The molecular formula is C24H26N4OS. The number of benzene rings is 1. The maximum Gasteiger partial charge on any atom is 0.131 e. The van der Waals surface area contributed by atoms with Crippen molar-refractivity contribution < 1.29 is 4.74 Å². The van der Waals surface area contributed by atoms with Gasteiger partial charge < -0.3 is 4.74 Å². The summed E-state index contributed by atoms with van der Waals surface area (Å²) in [5.74, 6) is 2.49. The number of aryl methyl sites for hydroxylation is 2. The van der Waals surface area contributed by atoms with Gasteiger partial charge in [0.25, 0.3) is 0 Å². The highest BCUT2D eigenvalue weighted by Crippen LogP contribution is 2.32. The molecule has 0 saturated heterocycles. The summed E-state index contributed by atoms with van der Waals surface area (Å²) in [4.78, 5) is 9.28. The average Bonchev–Trinajstić information content (AvgIpc) is 3.39. The molecule has 4 aromatic rings. The van der Waals surface area contributed by atoms with Crippen molar-refractivity contribution in [3.05, 3.63) is 53.9 Å². The second-order valence-corrected chi connectivity index (χ2v) is 9.28. The van der Waals surface area contributed by atoms with Crippen molar-refractivity contribution in [3.63, 3.8) is 0 Å². The molecule has 1 aromatic carbocycles. The van der Waals surface area contributed by atoms with Crippen LogP contribution in [0.5, 0.6) is 11.5 Å². The van der Waals surface area contributed by atoms with Gasteiger partial charge in [0.2, 0.25) is 0 Å². The lowest BCUT2D eigenvalue weighted by molar-refractivity contribution is 0.339. The molecule has 0 unspecified atom stereocenters. The zero-order valence-corrected chi connectivity index (χ0v) is 18.1. The second kappa shape index (κ2) is 8.56. The molecule has 0 N–H and O–H groups in total. The third kappa shape index (κ3) is 4.38. The number of hydrogen-bond acceptors (Lipinski definition) is 5. The highest BCUT2D eigenvalue weighted by atomic mass is 32.1. The van der Waals surface area contributed by atoms with Crippen molar-refractivity contribution in [1.82, 2.24) is 19.7 Å². The first-order chi connectivity index (χ1) is 14.7. The van der Waals surface area contributed by atoms with Crippen LogP contribution in [0.15, 0.2) is 48.9 Å². The van der Waals surface area contributed by atoms with Crippen LogP contribution in [0.4, 0.5) is 0 Å². The van der Waals surface area contributed by atoms with E-state index in [1.54, 1.807) is 22.2 Å². The van der Waals surface area contributed by atoms with Crippen LogP contribution in [-0.4, -0.2) is 19.7 Å². The molecule has 154 valence electrons. The van der Waals surface area contributed by atoms with Crippen molar-refractivity contribution in [2.24, 2.45) is 13.0 Å². The summed E-state index contributed by atoms with van der Waals surface area (Å²) in [6.45, 7) is 0. The fraction of sp³-hybridized carbons (Fsp3) is 0.375. The first kappa shape index (κ1) is 19.2. The Bertz CT molecular complexity index is 1140. The maximum atomic E-state index is 6.13. The molecule has 3 heterocycles. The molecule has 30 heavy (non-hydrogen) atoms. The van der Waals surface area contributed by atoms with Gasteiger partial charge in [-0.1, -0.05) is 32.1 Å². The van der Waals surface area contributed by atoms with Crippen molar-refractivity contribution in [2.75, 3.05) is 0 Å². The van der Waals surface area contributed by atoms with Gasteiger partial charge in [0.1, 0.15) is 11.5 Å². The Kier molecular flexibility index (Phi) is 5.49. The van der Waals surface area contributed by atoms with Gasteiger partial charge >= 0.3 is 0 Å². The summed E-state index contributed by atoms with van der Waals surface area (Å²) in [5.41, 5.74) is 2.89. The highest BCUT2D eigenvalue weighted by Gasteiger charge is 2.14. The van der Waals surface area contributed by atoms with Crippen LogP contribution in [-0.2, 0) is 13.5 Å². The zero-order valence-electron chi connectivity index (χ0n) is 17.3. The molecule has 0 spiro atoms. The minimum absolute atomic E-state index is 0.769. The summed E-state index contributed by atoms with van der Waals surface area (Å²) in [7, 11) is 1.90. The van der Waals surface area contributed by atoms with E-state index in [1.807, 2.05) is 37.6 Å². The molecule has 3 aromatic heterocycles. The van der Waals surface area contributed by atoms with Crippen molar-refractivity contribution in [2.45, 2.75) is 44.9 Å². The fourth-order valence-corrected chi connectivity index (χ4v) is 5.26. The van der Waals surface area contributed by atoms with Gasteiger partial charge in [-0.2, -0.15) is 5.10 Å². The number of ether oxygens (including phenoxy) is 1. The van der Waals surface area contributed by atoms with Gasteiger partial charge in [-0.25, -0.2) is 4.98 Å². The minimum Gasteiger partial charge on any atom is -0.457 e. The van der Waals surface area contributed by atoms with Crippen LogP contribution >= 0.6 is 11.3 Å². The van der Waals surface area contributed by atoms with E-state index in [0.29, 0.717) is 0 Å². The number of pyridine rings is 1. The summed E-state index contributed by atoms with van der Waals surface area (Å²) in [6, 6.07) is 9.99. The maximum absolute atomic E-state index is 6.13.